The van der Waals surface area contributed by atoms with E-state index in [9.17, 15) is 26.8 Å². The van der Waals surface area contributed by atoms with Crippen LogP contribution in [0, 0.1) is 5.92 Å². The van der Waals surface area contributed by atoms with Gasteiger partial charge in [0.15, 0.2) is 16.4 Å². The van der Waals surface area contributed by atoms with Gasteiger partial charge in [-0.25, -0.2) is 8.42 Å². The Morgan fingerprint density at radius 1 is 1.28 bits per heavy atom. The van der Waals surface area contributed by atoms with Crippen molar-refractivity contribution in [2.45, 2.75) is 13.0 Å². The number of amides is 1. The second kappa shape index (κ2) is 8.06. The fourth-order valence-corrected chi connectivity index (χ4v) is 3.54. The summed E-state index contributed by atoms with van der Waals surface area (Å²) >= 11 is 0. The van der Waals surface area contributed by atoms with Gasteiger partial charge in [-0.05, 0) is 12.1 Å². The Bertz CT molecular complexity index is 778. The Hall–Kier alpha value is -2.49. The van der Waals surface area contributed by atoms with Crippen molar-refractivity contribution in [1.29, 1.82) is 0 Å². The minimum atomic E-state index is -3.27. The summed E-state index contributed by atoms with van der Waals surface area (Å²) in [6.07, 6.45) is 1.22. The lowest BCUT2D eigenvalue weighted by molar-refractivity contribution is -0.147. The van der Waals surface area contributed by atoms with Crippen LogP contribution in [-0.2, 0) is 24.2 Å². The molecule has 0 spiro atoms. The normalized spacial score (nSPS) is 18.1. The van der Waals surface area contributed by atoms with Crippen LogP contribution in [0.3, 0.4) is 0 Å². The average Bonchev–Trinajstić information content (AvgIpc) is 2.85. The predicted octanol–water partition coefficient (Wildman–Crippen LogP) is 1.72. The number of anilines is 1. The second-order valence-corrected chi connectivity index (χ2v) is 7.14. The van der Waals surface area contributed by atoms with E-state index in [1.807, 2.05) is 0 Å². The van der Waals surface area contributed by atoms with Crippen molar-refractivity contribution >= 4 is 27.4 Å². The third-order valence-corrected chi connectivity index (χ3v) is 4.64. The number of rotatable bonds is 7. The molecule has 7 nitrogen and oxygen atoms in total. The highest BCUT2D eigenvalue weighted by molar-refractivity contribution is 7.94. The smallest absolute Gasteiger partial charge is 0.387 e. The zero-order valence-corrected chi connectivity index (χ0v) is 13.7. The number of carbonyl (C=O) groups is 2. The van der Waals surface area contributed by atoms with Crippen molar-refractivity contribution in [3.8, 4) is 5.75 Å². The van der Waals surface area contributed by atoms with E-state index in [0.717, 1.165) is 5.41 Å². The van der Waals surface area contributed by atoms with Crippen LogP contribution in [0.5, 0.6) is 5.75 Å². The Kier molecular flexibility index (Phi) is 6.07. The van der Waals surface area contributed by atoms with Crippen molar-refractivity contribution in [2.75, 3.05) is 17.7 Å². The van der Waals surface area contributed by atoms with Crippen LogP contribution < -0.4 is 10.1 Å². The quantitative estimate of drug-likeness (QED) is 0.729. The maximum absolute atomic E-state index is 12.3. The molecule has 136 valence electrons. The first-order valence-electron chi connectivity index (χ1n) is 7.15. The summed E-state index contributed by atoms with van der Waals surface area (Å²) in [5, 5.41) is 3.33. The van der Waals surface area contributed by atoms with Crippen molar-refractivity contribution in [3.63, 3.8) is 0 Å². The molecular weight excluding hydrogens is 360 g/mol. The van der Waals surface area contributed by atoms with Gasteiger partial charge in [-0.2, -0.15) is 8.78 Å². The van der Waals surface area contributed by atoms with Gasteiger partial charge >= 0.3 is 12.6 Å². The molecule has 0 radical (unpaired) electrons. The van der Waals surface area contributed by atoms with Gasteiger partial charge in [0.05, 0.1) is 17.9 Å². The minimum absolute atomic E-state index is 0.00803. The van der Waals surface area contributed by atoms with Gasteiger partial charge in [0.2, 0.25) is 0 Å². The molecule has 0 aliphatic carbocycles. The van der Waals surface area contributed by atoms with Gasteiger partial charge in [0.25, 0.3) is 5.91 Å². The predicted molar refractivity (Wildman–Crippen MR) is 83.7 cm³/mol. The first-order chi connectivity index (χ1) is 11.7. The minimum Gasteiger partial charge on any atom is -0.456 e. The number of nitrogens with one attached hydrogen (secondary N) is 1. The molecule has 1 amide bonds. The fraction of sp³-hybridized carbons (Fsp3) is 0.333. The van der Waals surface area contributed by atoms with Gasteiger partial charge in [-0.1, -0.05) is 18.2 Å². The van der Waals surface area contributed by atoms with Crippen LogP contribution in [0.2, 0.25) is 0 Å². The van der Waals surface area contributed by atoms with Crippen LogP contribution in [-0.4, -0.2) is 39.3 Å². The molecule has 1 unspecified atom stereocenters. The summed E-state index contributed by atoms with van der Waals surface area (Å²) < 4.78 is 56.1. The number of allylic oxidation sites excluding steroid dienone is 1. The molecule has 0 saturated carbocycles. The molecule has 0 aromatic heterocycles. The van der Waals surface area contributed by atoms with E-state index in [-0.39, 0.29) is 23.6 Å². The van der Waals surface area contributed by atoms with Gasteiger partial charge < -0.3 is 14.8 Å². The number of halogens is 2. The number of ether oxygens (including phenoxy) is 2. The lowest BCUT2D eigenvalue weighted by atomic mass is 10.1. The number of hydrogen-bond donors (Lipinski definition) is 1. The summed E-state index contributed by atoms with van der Waals surface area (Å²) in [5.74, 6) is -2.36. The van der Waals surface area contributed by atoms with E-state index >= 15 is 0 Å². The number of sulfone groups is 1. The summed E-state index contributed by atoms with van der Waals surface area (Å²) in [5.41, 5.74) is 0.00803. The van der Waals surface area contributed by atoms with Gasteiger partial charge in [0, 0.05) is 11.3 Å². The van der Waals surface area contributed by atoms with Crippen LogP contribution in [0.1, 0.15) is 6.42 Å². The Balaban J connectivity index is 1.81. The summed E-state index contributed by atoms with van der Waals surface area (Å²) in [4.78, 5) is 23.4. The van der Waals surface area contributed by atoms with Crippen molar-refractivity contribution in [1.82, 2.24) is 0 Å². The molecular formula is C15H15F2NO6S. The van der Waals surface area contributed by atoms with Crippen molar-refractivity contribution in [2.24, 2.45) is 5.92 Å². The van der Waals surface area contributed by atoms with E-state index in [1.165, 1.54) is 30.3 Å². The van der Waals surface area contributed by atoms with Crippen LogP contribution in [0.4, 0.5) is 14.5 Å². The SMILES string of the molecule is O=C(COC(=O)CC1C=CS(=O)(=O)C1)Nc1ccccc1OC(F)F. The van der Waals surface area contributed by atoms with E-state index < -0.39 is 40.9 Å². The molecule has 1 aliphatic heterocycles. The molecule has 1 heterocycles. The maximum Gasteiger partial charge on any atom is 0.387 e. The molecule has 25 heavy (non-hydrogen) atoms. The Morgan fingerprint density at radius 3 is 2.64 bits per heavy atom. The van der Waals surface area contributed by atoms with Crippen LogP contribution in [0.25, 0.3) is 0 Å². The van der Waals surface area contributed by atoms with Crippen molar-refractivity contribution < 1.29 is 36.3 Å². The standard InChI is InChI=1S/C15H15F2NO6S/c16-15(17)24-12-4-2-1-3-11(12)18-13(19)8-23-14(20)7-10-5-6-25(21,22)9-10/h1-6,10,15H,7-9H2,(H,18,19). The monoisotopic (exact) mass is 375 g/mol. The maximum atomic E-state index is 12.3. The van der Waals surface area contributed by atoms with Gasteiger partial charge in [0.1, 0.15) is 5.75 Å². The molecule has 2 rings (SSSR count). The summed E-state index contributed by atoms with van der Waals surface area (Å²) in [6.45, 7) is -3.68. The number of esters is 1. The molecule has 0 fully saturated rings. The number of carbonyl (C=O) groups excluding carboxylic acids is 2. The van der Waals surface area contributed by atoms with E-state index in [2.05, 4.69) is 10.1 Å². The topological polar surface area (TPSA) is 98.8 Å². The molecule has 1 aliphatic rings. The number of benzene rings is 1. The third-order valence-electron chi connectivity index (χ3n) is 3.17. The number of hydrogen-bond acceptors (Lipinski definition) is 6. The fourth-order valence-electron chi connectivity index (χ4n) is 2.14. The summed E-state index contributed by atoms with van der Waals surface area (Å²) in [6, 6.07) is 5.57. The molecule has 1 N–H and O–H groups in total. The molecule has 1 atom stereocenters. The molecule has 10 heteroatoms. The van der Waals surface area contributed by atoms with Gasteiger partial charge in [-0.15, -0.1) is 0 Å². The van der Waals surface area contributed by atoms with E-state index in [0.29, 0.717) is 0 Å². The highest BCUT2D eigenvalue weighted by atomic mass is 32.2. The Labute approximate surface area is 142 Å². The highest BCUT2D eigenvalue weighted by Gasteiger charge is 2.24. The molecule has 1 aromatic carbocycles. The van der Waals surface area contributed by atoms with Crippen LogP contribution in [0.15, 0.2) is 35.7 Å². The highest BCUT2D eigenvalue weighted by Crippen LogP contribution is 2.25. The number of alkyl halides is 2. The summed E-state index contributed by atoms with van der Waals surface area (Å²) in [7, 11) is -3.27. The average molecular weight is 375 g/mol. The zero-order chi connectivity index (χ0) is 18.4. The lowest BCUT2D eigenvalue weighted by Gasteiger charge is -2.12. The molecule has 0 saturated heterocycles. The third kappa shape index (κ3) is 6.14. The van der Waals surface area contributed by atoms with Crippen molar-refractivity contribution in [3.05, 3.63) is 35.7 Å². The first kappa shape index (κ1) is 18.8. The van der Waals surface area contributed by atoms with Gasteiger partial charge in [-0.3, -0.25) is 9.59 Å². The largest absolute Gasteiger partial charge is 0.456 e. The Morgan fingerprint density at radius 2 is 2.00 bits per heavy atom. The first-order valence-corrected chi connectivity index (χ1v) is 8.87. The second-order valence-electron chi connectivity index (χ2n) is 5.21. The molecule has 0 bridgehead atoms. The molecule has 1 aromatic rings. The van der Waals surface area contributed by atoms with Crippen LogP contribution >= 0.6 is 0 Å². The number of para-hydroxylation sites is 2. The van der Waals surface area contributed by atoms with E-state index in [1.54, 1.807) is 0 Å². The lowest BCUT2D eigenvalue weighted by Crippen LogP contribution is -2.22. The van der Waals surface area contributed by atoms with E-state index in [4.69, 9.17) is 4.74 Å². The zero-order valence-electron chi connectivity index (χ0n) is 12.9.